The molecule has 140 valence electrons. The van der Waals surface area contributed by atoms with Crippen LogP contribution in [0.15, 0.2) is 48.7 Å². The van der Waals surface area contributed by atoms with Crippen molar-refractivity contribution in [1.82, 2.24) is 20.0 Å². The van der Waals surface area contributed by atoms with Crippen molar-refractivity contribution >= 4 is 17.3 Å². The van der Waals surface area contributed by atoms with Gasteiger partial charge in [0, 0.05) is 19.3 Å². The molecule has 1 aromatic carbocycles. The van der Waals surface area contributed by atoms with Gasteiger partial charge in [-0.05, 0) is 36.2 Å². The molecule has 0 aliphatic rings. The molecule has 0 radical (unpaired) electrons. The van der Waals surface area contributed by atoms with Crippen molar-refractivity contribution in [3.05, 3.63) is 65.7 Å². The number of rotatable bonds is 7. The van der Waals surface area contributed by atoms with Gasteiger partial charge >= 0.3 is 0 Å². The third-order valence-corrected chi connectivity index (χ3v) is 4.11. The van der Waals surface area contributed by atoms with E-state index in [4.69, 9.17) is 4.74 Å². The average Bonchev–Trinajstić information content (AvgIpc) is 3.10. The summed E-state index contributed by atoms with van der Waals surface area (Å²) >= 11 is 0. The van der Waals surface area contributed by atoms with E-state index in [1.54, 1.807) is 29.8 Å². The number of methoxy groups -OCH3 is 1. The molecule has 0 fully saturated rings. The first-order valence-electron chi connectivity index (χ1n) is 8.80. The third-order valence-electron chi connectivity index (χ3n) is 4.11. The number of hydrogen-bond acceptors (Lipinski definition) is 4. The predicted octanol–water partition coefficient (Wildman–Crippen LogP) is 2.41. The maximum atomic E-state index is 12.7. The summed E-state index contributed by atoms with van der Waals surface area (Å²) in [6.45, 7) is 2.88. The zero-order valence-corrected chi connectivity index (χ0v) is 15.4. The molecule has 2 aromatic heterocycles. The first-order chi connectivity index (χ1) is 13.1. The van der Waals surface area contributed by atoms with E-state index in [1.807, 2.05) is 37.3 Å². The van der Waals surface area contributed by atoms with Gasteiger partial charge in [-0.2, -0.15) is 0 Å². The van der Waals surface area contributed by atoms with Crippen molar-refractivity contribution in [2.75, 3.05) is 13.7 Å². The zero-order valence-electron chi connectivity index (χ0n) is 15.4. The lowest BCUT2D eigenvalue weighted by atomic mass is 10.2. The van der Waals surface area contributed by atoms with E-state index in [9.17, 15) is 9.59 Å². The molecule has 0 saturated heterocycles. The summed E-state index contributed by atoms with van der Waals surface area (Å²) in [6, 6.07) is 12.8. The van der Waals surface area contributed by atoms with E-state index in [0.717, 1.165) is 17.7 Å². The molecule has 0 saturated carbocycles. The predicted molar refractivity (Wildman–Crippen MR) is 102 cm³/mol. The van der Waals surface area contributed by atoms with E-state index < -0.39 is 0 Å². The molecule has 0 bridgehead atoms. The van der Waals surface area contributed by atoms with Gasteiger partial charge in [-0.1, -0.05) is 25.1 Å². The largest absolute Gasteiger partial charge is 0.497 e. The molecule has 3 rings (SSSR count). The van der Waals surface area contributed by atoms with Gasteiger partial charge in [-0.15, -0.1) is 0 Å². The standard InChI is InChI=1S/C20H22N4O3/c1-3-11-21-19(25)17-16-6-4-5-12-24(16)18(23-17)20(26)22-13-14-7-9-15(27-2)10-8-14/h4-10,12H,3,11,13H2,1-2H3,(H,21,25)(H,22,26). The lowest BCUT2D eigenvalue weighted by molar-refractivity contribution is 0.0940. The first kappa shape index (κ1) is 18.4. The smallest absolute Gasteiger partial charge is 0.287 e. The van der Waals surface area contributed by atoms with Crippen LogP contribution in [-0.4, -0.2) is 34.9 Å². The quantitative estimate of drug-likeness (QED) is 0.672. The number of ether oxygens (including phenoxy) is 1. The number of carbonyl (C=O) groups is 2. The molecule has 0 spiro atoms. The normalized spacial score (nSPS) is 10.6. The van der Waals surface area contributed by atoms with Gasteiger partial charge in [0.2, 0.25) is 5.82 Å². The van der Waals surface area contributed by atoms with Crippen LogP contribution in [0.4, 0.5) is 0 Å². The van der Waals surface area contributed by atoms with E-state index in [1.165, 1.54) is 0 Å². The monoisotopic (exact) mass is 366 g/mol. The van der Waals surface area contributed by atoms with Crippen LogP contribution in [0.25, 0.3) is 5.52 Å². The minimum atomic E-state index is -0.346. The Morgan fingerprint density at radius 1 is 1.07 bits per heavy atom. The molecule has 27 heavy (non-hydrogen) atoms. The van der Waals surface area contributed by atoms with E-state index >= 15 is 0 Å². The Kier molecular flexibility index (Phi) is 5.71. The summed E-state index contributed by atoms with van der Waals surface area (Å²) in [5.74, 6) is 0.309. The van der Waals surface area contributed by atoms with Crippen LogP contribution < -0.4 is 15.4 Å². The van der Waals surface area contributed by atoms with Gasteiger partial charge in [0.15, 0.2) is 5.69 Å². The number of pyridine rings is 1. The van der Waals surface area contributed by atoms with Crippen LogP contribution in [0.3, 0.4) is 0 Å². The van der Waals surface area contributed by atoms with Gasteiger partial charge in [0.25, 0.3) is 11.8 Å². The topological polar surface area (TPSA) is 84.7 Å². The number of benzene rings is 1. The molecular formula is C20H22N4O3. The van der Waals surface area contributed by atoms with Crippen molar-refractivity contribution in [1.29, 1.82) is 0 Å². The number of aromatic nitrogens is 2. The second-order valence-corrected chi connectivity index (χ2v) is 6.03. The van der Waals surface area contributed by atoms with Crippen molar-refractivity contribution in [3.63, 3.8) is 0 Å². The fourth-order valence-corrected chi connectivity index (χ4v) is 2.69. The summed E-state index contributed by atoms with van der Waals surface area (Å²) in [5.41, 5.74) is 1.78. The Morgan fingerprint density at radius 3 is 2.56 bits per heavy atom. The molecule has 0 unspecified atom stereocenters. The Bertz CT molecular complexity index is 948. The highest BCUT2D eigenvalue weighted by molar-refractivity contribution is 6.02. The zero-order chi connectivity index (χ0) is 19.2. The molecule has 2 N–H and O–H groups in total. The molecule has 0 aliphatic carbocycles. The average molecular weight is 366 g/mol. The SMILES string of the molecule is CCCNC(=O)c1nc(C(=O)NCc2ccc(OC)cc2)n2ccccc12. The molecule has 7 heteroatoms. The van der Waals surface area contributed by atoms with Gasteiger partial charge < -0.3 is 15.4 Å². The first-order valence-corrected chi connectivity index (χ1v) is 8.80. The summed E-state index contributed by atoms with van der Waals surface area (Å²) < 4.78 is 6.76. The lowest BCUT2D eigenvalue weighted by Crippen LogP contribution is -2.26. The molecule has 2 heterocycles. The number of hydrogen-bond donors (Lipinski definition) is 2. The number of nitrogens with zero attached hydrogens (tertiary/aromatic N) is 2. The van der Waals surface area contributed by atoms with E-state index in [0.29, 0.717) is 18.6 Å². The minimum Gasteiger partial charge on any atom is -0.497 e. The summed E-state index contributed by atoms with van der Waals surface area (Å²) in [7, 11) is 1.61. The summed E-state index contributed by atoms with van der Waals surface area (Å²) in [6.07, 6.45) is 2.55. The van der Waals surface area contributed by atoms with Crippen LogP contribution in [0.2, 0.25) is 0 Å². The van der Waals surface area contributed by atoms with Crippen LogP contribution in [0.1, 0.15) is 40.0 Å². The van der Waals surface area contributed by atoms with E-state index in [2.05, 4.69) is 15.6 Å². The number of nitrogens with one attached hydrogen (secondary N) is 2. The van der Waals surface area contributed by atoms with Crippen molar-refractivity contribution in [2.45, 2.75) is 19.9 Å². The number of imidazole rings is 1. The lowest BCUT2D eigenvalue weighted by Gasteiger charge is -2.06. The van der Waals surface area contributed by atoms with Crippen LogP contribution in [-0.2, 0) is 6.54 Å². The molecule has 7 nitrogen and oxygen atoms in total. The van der Waals surface area contributed by atoms with Crippen molar-refractivity contribution < 1.29 is 14.3 Å². The van der Waals surface area contributed by atoms with Gasteiger partial charge in [-0.3, -0.25) is 14.0 Å². The van der Waals surface area contributed by atoms with Crippen LogP contribution >= 0.6 is 0 Å². The maximum Gasteiger partial charge on any atom is 0.287 e. The second-order valence-electron chi connectivity index (χ2n) is 6.03. The highest BCUT2D eigenvalue weighted by Crippen LogP contribution is 2.14. The third kappa shape index (κ3) is 4.08. The Labute approximate surface area is 157 Å². The fourth-order valence-electron chi connectivity index (χ4n) is 2.69. The van der Waals surface area contributed by atoms with Crippen LogP contribution in [0.5, 0.6) is 5.75 Å². The number of amides is 2. The number of fused-ring (bicyclic) bond motifs is 1. The molecule has 0 aliphatic heterocycles. The van der Waals surface area contributed by atoms with Gasteiger partial charge in [0.05, 0.1) is 12.6 Å². The fraction of sp³-hybridized carbons (Fsp3) is 0.250. The molecule has 2 amide bonds. The Balaban J connectivity index is 1.80. The van der Waals surface area contributed by atoms with Crippen LogP contribution in [0, 0.1) is 0 Å². The molecule has 0 atom stereocenters. The minimum absolute atomic E-state index is 0.181. The van der Waals surface area contributed by atoms with Crippen molar-refractivity contribution in [3.8, 4) is 5.75 Å². The van der Waals surface area contributed by atoms with Gasteiger partial charge in [0.1, 0.15) is 5.75 Å². The van der Waals surface area contributed by atoms with Crippen molar-refractivity contribution in [2.24, 2.45) is 0 Å². The van der Waals surface area contributed by atoms with E-state index in [-0.39, 0.29) is 23.3 Å². The highest BCUT2D eigenvalue weighted by atomic mass is 16.5. The summed E-state index contributed by atoms with van der Waals surface area (Å²) in [4.78, 5) is 29.3. The maximum absolute atomic E-state index is 12.7. The highest BCUT2D eigenvalue weighted by Gasteiger charge is 2.20. The second kappa shape index (κ2) is 8.35. The van der Waals surface area contributed by atoms with Gasteiger partial charge in [-0.25, -0.2) is 4.98 Å². The Morgan fingerprint density at radius 2 is 1.85 bits per heavy atom. The Hall–Kier alpha value is -3.35. The molecule has 3 aromatic rings. The molecular weight excluding hydrogens is 344 g/mol. The number of carbonyl (C=O) groups excluding carboxylic acids is 2. The summed E-state index contributed by atoms with van der Waals surface area (Å²) in [5, 5.41) is 5.65.